The first-order valence-electron chi connectivity index (χ1n) is 8.86. The number of hydrogen-bond acceptors (Lipinski definition) is 5. The first-order chi connectivity index (χ1) is 13.1. The number of carbonyl (C=O) groups is 1. The number of aryl methyl sites for hydroxylation is 1. The van der Waals surface area contributed by atoms with E-state index in [0.29, 0.717) is 17.3 Å². The minimum atomic E-state index is -0.954. The van der Waals surface area contributed by atoms with E-state index in [-0.39, 0.29) is 5.56 Å². The van der Waals surface area contributed by atoms with Gasteiger partial charge in [0.1, 0.15) is 17.5 Å². The molecule has 0 saturated carbocycles. The van der Waals surface area contributed by atoms with Crippen molar-refractivity contribution in [3.63, 3.8) is 0 Å². The summed E-state index contributed by atoms with van der Waals surface area (Å²) in [5, 5.41) is 12.4. The molecular weight excluding hydrogens is 340 g/mol. The first kappa shape index (κ1) is 17.0. The molecule has 0 bridgehead atoms. The normalized spacial score (nSPS) is 13.1. The van der Waals surface area contributed by atoms with E-state index >= 15 is 0 Å². The van der Waals surface area contributed by atoms with Crippen molar-refractivity contribution in [2.45, 2.75) is 19.9 Å². The number of anilines is 3. The van der Waals surface area contributed by atoms with E-state index in [2.05, 4.69) is 44.5 Å². The van der Waals surface area contributed by atoms with Gasteiger partial charge in [0.2, 0.25) is 0 Å². The maximum Gasteiger partial charge on any atom is 0.335 e. The second-order valence-corrected chi connectivity index (χ2v) is 6.61. The molecule has 0 unspecified atom stereocenters. The summed E-state index contributed by atoms with van der Waals surface area (Å²) in [6.07, 6.45) is 0.989. The van der Waals surface area contributed by atoms with E-state index in [4.69, 9.17) is 5.11 Å². The molecule has 0 radical (unpaired) electrons. The van der Waals surface area contributed by atoms with E-state index in [1.54, 1.807) is 18.2 Å². The van der Waals surface area contributed by atoms with Crippen LogP contribution < -0.4 is 10.2 Å². The highest BCUT2D eigenvalue weighted by atomic mass is 16.4. The van der Waals surface area contributed by atoms with Gasteiger partial charge in [0, 0.05) is 24.8 Å². The van der Waals surface area contributed by atoms with Crippen LogP contribution in [-0.4, -0.2) is 27.6 Å². The van der Waals surface area contributed by atoms with E-state index in [1.165, 1.54) is 11.1 Å². The van der Waals surface area contributed by atoms with E-state index in [1.807, 2.05) is 19.1 Å². The predicted molar refractivity (Wildman–Crippen MR) is 105 cm³/mol. The van der Waals surface area contributed by atoms with Crippen molar-refractivity contribution in [1.82, 2.24) is 9.97 Å². The number of hydrogen-bond donors (Lipinski definition) is 2. The number of aromatic carboxylic acids is 1. The fraction of sp³-hybridized carbons (Fsp3) is 0.190. The third-order valence-electron chi connectivity index (χ3n) is 4.66. The lowest BCUT2D eigenvalue weighted by Crippen LogP contribution is -2.31. The van der Waals surface area contributed by atoms with Gasteiger partial charge in [-0.15, -0.1) is 0 Å². The van der Waals surface area contributed by atoms with Crippen LogP contribution >= 0.6 is 0 Å². The number of carboxylic acids is 1. The van der Waals surface area contributed by atoms with Crippen molar-refractivity contribution in [1.29, 1.82) is 0 Å². The lowest BCUT2D eigenvalue weighted by molar-refractivity contribution is 0.0697. The fourth-order valence-electron chi connectivity index (χ4n) is 3.35. The molecule has 0 fully saturated rings. The van der Waals surface area contributed by atoms with Gasteiger partial charge in [-0.3, -0.25) is 0 Å². The lowest BCUT2D eigenvalue weighted by Gasteiger charge is -2.30. The highest BCUT2D eigenvalue weighted by molar-refractivity contribution is 5.89. The molecule has 136 valence electrons. The van der Waals surface area contributed by atoms with Crippen molar-refractivity contribution >= 4 is 23.3 Å². The molecule has 0 spiro atoms. The molecule has 27 heavy (non-hydrogen) atoms. The number of benzene rings is 2. The Kier molecular flexibility index (Phi) is 4.46. The second-order valence-electron chi connectivity index (χ2n) is 6.61. The van der Waals surface area contributed by atoms with Crippen molar-refractivity contribution in [2.24, 2.45) is 0 Å². The molecule has 1 aromatic heterocycles. The Bertz CT molecular complexity index is 1000. The van der Waals surface area contributed by atoms with E-state index in [9.17, 15) is 4.79 Å². The molecule has 0 saturated heterocycles. The average molecular weight is 360 g/mol. The molecule has 0 amide bonds. The number of carboxylic acid groups (broad SMARTS) is 1. The highest BCUT2D eigenvalue weighted by Gasteiger charge is 2.18. The zero-order chi connectivity index (χ0) is 18.8. The Balaban J connectivity index is 1.59. The third-order valence-corrected chi connectivity index (χ3v) is 4.66. The minimum Gasteiger partial charge on any atom is -0.478 e. The van der Waals surface area contributed by atoms with Crippen LogP contribution in [0.25, 0.3) is 0 Å². The van der Waals surface area contributed by atoms with Gasteiger partial charge in [0.05, 0.1) is 5.56 Å². The molecule has 4 rings (SSSR count). The topological polar surface area (TPSA) is 78.3 Å². The molecule has 1 aliphatic heterocycles. The standard InChI is InChI=1S/C21H20N4O2/c1-14-22-19(24-18-8-4-7-16(11-18)21(26)27)12-20(23-14)25-10-9-15-5-2-3-6-17(15)13-25/h2-8,11-12H,9-10,13H2,1H3,(H,26,27)(H,22,23,24). The number of fused-ring (bicyclic) bond motifs is 1. The van der Waals surface area contributed by atoms with Gasteiger partial charge in [-0.25, -0.2) is 14.8 Å². The first-order valence-corrected chi connectivity index (χ1v) is 8.86. The minimum absolute atomic E-state index is 0.235. The third kappa shape index (κ3) is 3.74. The predicted octanol–water partition coefficient (Wildman–Crippen LogP) is 3.79. The smallest absolute Gasteiger partial charge is 0.335 e. The monoisotopic (exact) mass is 360 g/mol. The summed E-state index contributed by atoms with van der Waals surface area (Å²) in [6, 6.07) is 17.1. The van der Waals surface area contributed by atoms with Gasteiger partial charge in [-0.1, -0.05) is 30.3 Å². The largest absolute Gasteiger partial charge is 0.478 e. The maximum atomic E-state index is 11.2. The van der Waals surface area contributed by atoms with Crippen LogP contribution in [0.3, 0.4) is 0 Å². The van der Waals surface area contributed by atoms with Crippen molar-refractivity contribution < 1.29 is 9.90 Å². The molecule has 1 aliphatic rings. The van der Waals surface area contributed by atoms with Gasteiger partial charge >= 0.3 is 5.97 Å². The molecule has 0 aliphatic carbocycles. The van der Waals surface area contributed by atoms with Crippen LogP contribution in [0.1, 0.15) is 27.3 Å². The molecule has 3 aromatic rings. The summed E-state index contributed by atoms with van der Waals surface area (Å²) in [5.41, 5.74) is 3.63. The number of rotatable bonds is 4. The number of nitrogens with one attached hydrogen (secondary N) is 1. The van der Waals surface area contributed by atoms with Crippen molar-refractivity contribution in [3.8, 4) is 0 Å². The zero-order valence-electron chi connectivity index (χ0n) is 15.0. The maximum absolute atomic E-state index is 11.2. The molecule has 0 atom stereocenters. The zero-order valence-corrected chi connectivity index (χ0v) is 15.0. The summed E-state index contributed by atoms with van der Waals surface area (Å²) in [5.74, 6) is 1.24. The summed E-state index contributed by atoms with van der Waals surface area (Å²) < 4.78 is 0. The Morgan fingerprint density at radius 2 is 1.89 bits per heavy atom. The van der Waals surface area contributed by atoms with Crippen LogP contribution in [0.2, 0.25) is 0 Å². The van der Waals surface area contributed by atoms with Gasteiger partial charge in [-0.2, -0.15) is 0 Å². The van der Waals surface area contributed by atoms with Crippen molar-refractivity contribution in [3.05, 3.63) is 77.1 Å². The second kappa shape index (κ2) is 7.07. The molecule has 6 heteroatoms. The lowest BCUT2D eigenvalue weighted by atomic mass is 10.00. The molecule has 6 nitrogen and oxygen atoms in total. The molecule has 2 N–H and O–H groups in total. The van der Waals surface area contributed by atoms with Crippen LogP contribution in [0.15, 0.2) is 54.6 Å². The average Bonchev–Trinajstić information content (AvgIpc) is 2.67. The summed E-state index contributed by atoms with van der Waals surface area (Å²) in [7, 11) is 0. The van der Waals surface area contributed by atoms with Crippen LogP contribution in [0.5, 0.6) is 0 Å². The number of aromatic nitrogens is 2. The SMILES string of the molecule is Cc1nc(Nc2cccc(C(=O)O)c2)cc(N2CCc3ccccc3C2)n1. The quantitative estimate of drug-likeness (QED) is 0.737. The van der Waals surface area contributed by atoms with Crippen LogP contribution in [0, 0.1) is 6.92 Å². The summed E-state index contributed by atoms with van der Waals surface area (Å²) in [6.45, 7) is 3.59. The van der Waals surface area contributed by atoms with Crippen molar-refractivity contribution in [2.75, 3.05) is 16.8 Å². The fourth-order valence-corrected chi connectivity index (χ4v) is 3.35. The highest BCUT2D eigenvalue weighted by Crippen LogP contribution is 2.26. The molecule has 2 aromatic carbocycles. The van der Waals surface area contributed by atoms with Crippen LogP contribution in [0.4, 0.5) is 17.3 Å². The van der Waals surface area contributed by atoms with Gasteiger partial charge in [0.25, 0.3) is 0 Å². The summed E-state index contributed by atoms with van der Waals surface area (Å²) in [4.78, 5) is 22.5. The van der Waals surface area contributed by atoms with Crippen LogP contribution in [-0.2, 0) is 13.0 Å². The number of nitrogens with zero attached hydrogens (tertiary/aromatic N) is 3. The van der Waals surface area contributed by atoms with E-state index < -0.39 is 5.97 Å². The van der Waals surface area contributed by atoms with Gasteiger partial charge in [0.15, 0.2) is 0 Å². The Hall–Kier alpha value is -3.41. The Labute approximate surface area is 157 Å². The van der Waals surface area contributed by atoms with E-state index in [0.717, 1.165) is 25.3 Å². The molecule has 2 heterocycles. The summed E-state index contributed by atoms with van der Waals surface area (Å²) >= 11 is 0. The van der Waals surface area contributed by atoms with Gasteiger partial charge in [-0.05, 0) is 42.7 Å². The Morgan fingerprint density at radius 3 is 2.70 bits per heavy atom. The van der Waals surface area contributed by atoms with Gasteiger partial charge < -0.3 is 15.3 Å². The molecular formula is C21H20N4O2. The Morgan fingerprint density at radius 1 is 1.07 bits per heavy atom.